The first kappa shape index (κ1) is 10.2. The average molecular weight is 198 g/mol. The smallest absolute Gasteiger partial charge is 0.129 e. The van der Waals surface area contributed by atoms with E-state index in [4.69, 9.17) is 16.3 Å². The first-order valence-corrected chi connectivity index (χ1v) is 4.32. The van der Waals surface area contributed by atoms with Crippen LogP contribution < -0.4 is 0 Å². The molecule has 0 aliphatic carbocycles. The Bertz CT molecular complexity index is 323. The maximum absolute atomic E-state index is 5.73. The number of hydrogen-bond acceptors (Lipinski definition) is 2. The van der Waals surface area contributed by atoms with Crippen molar-refractivity contribution in [2.45, 2.75) is 6.92 Å². The fourth-order valence-electron chi connectivity index (χ4n) is 1.14. The maximum Gasteiger partial charge on any atom is 0.129 e. The molecule has 13 heavy (non-hydrogen) atoms. The van der Waals surface area contributed by atoms with Gasteiger partial charge < -0.3 is 4.74 Å². The van der Waals surface area contributed by atoms with Crippen LogP contribution in [-0.4, -0.2) is 18.7 Å². The van der Waals surface area contributed by atoms with Gasteiger partial charge in [0.05, 0.1) is 6.61 Å². The van der Waals surface area contributed by atoms with Crippen LogP contribution >= 0.6 is 11.6 Å². The fraction of sp³-hybridized carbons (Fsp3) is 0.300. The van der Waals surface area contributed by atoms with Gasteiger partial charge in [-0.25, -0.2) is 4.98 Å². The van der Waals surface area contributed by atoms with E-state index in [0.29, 0.717) is 11.8 Å². The molecule has 0 N–H and O–H groups in total. The number of methoxy groups -OCH3 is 1. The van der Waals surface area contributed by atoms with E-state index in [9.17, 15) is 0 Å². The minimum absolute atomic E-state index is 0.506. The van der Waals surface area contributed by atoms with Gasteiger partial charge in [-0.2, -0.15) is 0 Å². The number of pyridine rings is 1. The second-order valence-electron chi connectivity index (χ2n) is 2.86. The summed E-state index contributed by atoms with van der Waals surface area (Å²) in [5.74, 6) is 0. The van der Waals surface area contributed by atoms with Crippen molar-refractivity contribution in [3.8, 4) is 0 Å². The summed E-state index contributed by atoms with van der Waals surface area (Å²) in [5.41, 5.74) is 3.00. The zero-order valence-electron chi connectivity index (χ0n) is 7.80. The summed E-state index contributed by atoms with van der Waals surface area (Å²) in [7, 11) is 1.64. The van der Waals surface area contributed by atoms with Crippen molar-refractivity contribution in [2.75, 3.05) is 13.7 Å². The zero-order valence-corrected chi connectivity index (χ0v) is 8.56. The summed E-state index contributed by atoms with van der Waals surface area (Å²) in [6.07, 6.45) is 1.72. The lowest BCUT2D eigenvalue weighted by Crippen LogP contribution is -1.96. The van der Waals surface area contributed by atoms with Crippen molar-refractivity contribution in [3.05, 3.63) is 35.1 Å². The maximum atomic E-state index is 5.73. The van der Waals surface area contributed by atoms with Crippen molar-refractivity contribution in [1.29, 1.82) is 0 Å². The summed E-state index contributed by atoms with van der Waals surface area (Å²) < 4.78 is 4.98. The summed E-state index contributed by atoms with van der Waals surface area (Å²) in [6, 6.07) is 1.82. The van der Waals surface area contributed by atoms with E-state index in [1.807, 2.05) is 13.0 Å². The van der Waals surface area contributed by atoms with Crippen LogP contribution in [0.1, 0.15) is 11.1 Å². The van der Waals surface area contributed by atoms with E-state index < -0.39 is 0 Å². The SMILES string of the molecule is C=C(COC)c1cnc(Cl)cc1C. The molecule has 0 spiro atoms. The Morgan fingerprint density at radius 2 is 2.38 bits per heavy atom. The lowest BCUT2D eigenvalue weighted by molar-refractivity contribution is 0.240. The number of aromatic nitrogens is 1. The summed E-state index contributed by atoms with van der Waals surface area (Å²) in [4.78, 5) is 3.99. The van der Waals surface area contributed by atoms with Crippen LogP contribution in [-0.2, 0) is 4.74 Å². The molecular formula is C10H12ClNO. The third-order valence-corrected chi connectivity index (χ3v) is 1.98. The van der Waals surface area contributed by atoms with Gasteiger partial charge >= 0.3 is 0 Å². The fourth-order valence-corrected chi connectivity index (χ4v) is 1.36. The van der Waals surface area contributed by atoms with E-state index in [2.05, 4.69) is 11.6 Å². The lowest BCUT2D eigenvalue weighted by atomic mass is 10.1. The van der Waals surface area contributed by atoms with Crippen LogP contribution in [0, 0.1) is 6.92 Å². The molecular weight excluding hydrogens is 186 g/mol. The van der Waals surface area contributed by atoms with E-state index in [-0.39, 0.29) is 0 Å². The largest absolute Gasteiger partial charge is 0.380 e. The van der Waals surface area contributed by atoms with Crippen molar-refractivity contribution in [2.24, 2.45) is 0 Å². The Kier molecular flexibility index (Phi) is 3.46. The number of rotatable bonds is 3. The number of ether oxygens (including phenoxy) is 1. The van der Waals surface area contributed by atoms with Gasteiger partial charge in [0.25, 0.3) is 0 Å². The molecule has 0 saturated heterocycles. The van der Waals surface area contributed by atoms with Crippen molar-refractivity contribution in [3.63, 3.8) is 0 Å². The monoisotopic (exact) mass is 197 g/mol. The minimum Gasteiger partial charge on any atom is -0.380 e. The van der Waals surface area contributed by atoms with Crippen molar-refractivity contribution in [1.82, 2.24) is 4.98 Å². The van der Waals surface area contributed by atoms with Crippen molar-refractivity contribution >= 4 is 17.2 Å². The lowest BCUT2D eigenvalue weighted by Gasteiger charge is -2.07. The van der Waals surface area contributed by atoms with Gasteiger partial charge in [-0.05, 0) is 24.1 Å². The third kappa shape index (κ3) is 2.54. The molecule has 0 aliphatic heterocycles. The Morgan fingerprint density at radius 3 is 2.92 bits per heavy atom. The molecule has 1 rings (SSSR count). The van der Waals surface area contributed by atoms with Crippen LogP contribution in [0.3, 0.4) is 0 Å². The molecule has 0 radical (unpaired) electrons. The molecule has 0 saturated carbocycles. The summed E-state index contributed by atoms with van der Waals surface area (Å²) in [5, 5.41) is 0.506. The van der Waals surface area contributed by atoms with Crippen LogP contribution in [0.4, 0.5) is 0 Å². The predicted octanol–water partition coefficient (Wildman–Crippen LogP) is 2.70. The topological polar surface area (TPSA) is 22.1 Å². The van der Waals surface area contributed by atoms with Gasteiger partial charge in [-0.3, -0.25) is 0 Å². The Labute approximate surface area is 83.2 Å². The molecule has 70 valence electrons. The van der Waals surface area contributed by atoms with Crippen LogP contribution in [0.15, 0.2) is 18.8 Å². The highest BCUT2D eigenvalue weighted by atomic mass is 35.5. The predicted molar refractivity (Wildman–Crippen MR) is 54.9 cm³/mol. The number of nitrogens with zero attached hydrogens (tertiary/aromatic N) is 1. The second-order valence-corrected chi connectivity index (χ2v) is 3.25. The molecule has 0 aliphatic rings. The molecule has 0 aromatic carbocycles. The third-order valence-electron chi connectivity index (χ3n) is 1.78. The Morgan fingerprint density at radius 1 is 1.69 bits per heavy atom. The standard InChI is InChI=1S/C10H12ClNO/c1-7-4-10(11)12-5-9(7)8(2)6-13-3/h4-5H,2,6H2,1,3H3. The summed E-state index contributed by atoms with van der Waals surface area (Å²) >= 11 is 5.73. The highest BCUT2D eigenvalue weighted by Crippen LogP contribution is 2.18. The second kappa shape index (κ2) is 4.40. The zero-order chi connectivity index (χ0) is 9.84. The van der Waals surface area contributed by atoms with Crippen LogP contribution in [0.25, 0.3) is 5.57 Å². The molecule has 1 aromatic heterocycles. The highest BCUT2D eigenvalue weighted by molar-refractivity contribution is 6.29. The Balaban J connectivity index is 2.95. The van der Waals surface area contributed by atoms with Gasteiger partial charge in [-0.15, -0.1) is 0 Å². The van der Waals surface area contributed by atoms with Gasteiger partial charge in [0.15, 0.2) is 0 Å². The first-order chi connectivity index (χ1) is 6.15. The molecule has 0 atom stereocenters. The Hall–Kier alpha value is -0.860. The minimum atomic E-state index is 0.506. The van der Waals surface area contributed by atoms with Gasteiger partial charge in [0, 0.05) is 18.9 Å². The van der Waals surface area contributed by atoms with Crippen LogP contribution in [0.5, 0.6) is 0 Å². The molecule has 0 bridgehead atoms. The number of hydrogen-bond donors (Lipinski definition) is 0. The molecule has 1 aromatic rings. The van der Waals surface area contributed by atoms with Gasteiger partial charge in [-0.1, -0.05) is 18.2 Å². The van der Waals surface area contributed by atoms with E-state index in [1.54, 1.807) is 13.3 Å². The first-order valence-electron chi connectivity index (χ1n) is 3.94. The molecule has 0 unspecified atom stereocenters. The molecule has 0 amide bonds. The molecule has 2 nitrogen and oxygen atoms in total. The van der Waals surface area contributed by atoms with E-state index in [1.165, 1.54) is 0 Å². The highest BCUT2D eigenvalue weighted by Gasteiger charge is 2.03. The molecule has 0 fully saturated rings. The van der Waals surface area contributed by atoms with Crippen molar-refractivity contribution < 1.29 is 4.74 Å². The quantitative estimate of drug-likeness (QED) is 0.696. The normalized spacial score (nSPS) is 10.1. The average Bonchev–Trinajstić information content (AvgIpc) is 2.04. The van der Waals surface area contributed by atoms with E-state index in [0.717, 1.165) is 16.7 Å². The molecule has 1 heterocycles. The summed E-state index contributed by atoms with van der Waals surface area (Å²) in [6.45, 7) is 6.39. The van der Waals surface area contributed by atoms with E-state index >= 15 is 0 Å². The van der Waals surface area contributed by atoms with Crippen LogP contribution in [0.2, 0.25) is 5.15 Å². The molecule has 3 heteroatoms. The van der Waals surface area contributed by atoms with Gasteiger partial charge in [0.1, 0.15) is 5.15 Å². The number of halogens is 1. The number of aryl methyl sites for hydroxylation is 1. The van der Waals surface area contributed by atoms with Gasteiger partial charge in [0.2, 0.25) is 0 Å².